The van der Waals surface area contributed by atoms with E-state index in [9.17, 15) is 0 Å². The summed E-state index contributed by atoms with van der Waals surface area (Å²) in [6.45, 7) is 0. The Morgan fingerprint density at radius 2 is 1.55 bits per heavy atom. The van der Waals surface area contributed by atoms with Crippen LogP contribution in [0.25, 0.3) is 11.1 Å². The first-order valence-electron chi connectivity index (χ1n) is 7.09. The van der Waals surface area contributed by atoms with Gasteiger partial charge in [0.15, 0.2) is 0 Å². The van der Waals surface area contributed by atoms with E-state index in [0.29, 0.717) is 4.22 Å². The van der Waals surface area contributed by atoms with Gasteiger partial charge in [-0.15, -0.1) is 0 Å². The van der Waals surface area contributed by atoms with Gasteiger partial charge in [0.05, 0.1) is 0 Å². The summed E-state index contributed by atoms with van der Waals surface area (Å²) in [4.78, 5) is 4.66. The summed E-state index contributed by atoms with van der Waals surface area (Å²) in [6, 6.07) is 17.8. The second-order valence-corrected chi connectivity index (χ2v) is 9.00. The van der Waals surface area contributed by atoms with Crippen molar-refractivity contribution in [2.45, 2.75) is 10.6 Å². The molecule has 0 radical (unpaired) electrons. The number of benzene rings is 2. The molecule has 0 unspecified atom stereocenters. The van der Waals surface area contributed by atoms with Crippen molar-refractivity contribution >= 4 is 4.82 Å². The van der Waals surface area contributed by atoms with Gasteiger partial charge in [0.1, 0.15) is 0 Å². The predicted molar refractivity (Wildman–Crippen MR) is 84.9 cm³/mol. The van der Waals surface area contributed by atoms with E-state index in [0.717, 1.165) is 6.42 Å². The molecular weight excluding hydrogens is 276 g/mol. The van der Waals surface area contributed by atoms with Crippen LogP contribution in [0, 0.1) is 0 Å². The minimum atomic E-state index is -1.54. The van der Waals surface area contributed by atoms with Gasteiger partial charge in [-0.1, -0.05) is 0 Å². The largest absolute Gasteiger partial charge is 1.00 e. The molecule has 0 N–H and O–H groups in total. The molecule has 0 spiro atoms. The second kappa shape index (κ2) is 4.80. The van der Waals surface area contributed by atoms with E-state index in [1.165, 1.54) is 22.3 Å². The van der Waals surface area contributed by atoms with Gasteiger partial charge < -0.3 is 2.85 Å². The molecule has 2 aromatic rings. The number of hydrogen-bond acceptors (Lipinski definition) is 0. The maximum absolute atomic E-state index is 4.66. The molecule has 0 nitrogen and oxygen atoms in total. The van der Waals surface area contributed by atoms with E-state index < -0.39 is 17.4 Å². The van der Waals surface area contributed by atoms with E-state index in [2.05, 4.69) is 71.6 Å². The van der Waals surface area contributed by atoms with Crippen LogP contribution >= 0.6 is 0 Å². The van der Waals surface area contributed by atoms with Crippen LogP contribution in [0.5, 0.6) is 0 Å². The molecule has 0 bridgehead atoms. The molecule has 0 saturated carbocycles. The third kappa shape index (κ3) is 1.76. The standard InChI is InChI=1S/C13H9.C5H5.CH2.Ti.2H/c1-3-7-12-10(5-1)9-11-6-2-4-8-13(11)12;1-2-4-5-3-1;;;;/h1-9H;1-3H,4H2;1H2;;;/q;;;+2;2*-1. The van der Waals surface area contributed by atoms with E-state index in [1.807, 2.05) is 0 Å². The number of hydrogen-bond donors (Lipinski definition) is 0. The summed E-state index contributed by atoms with van der Waals surface area (Å²) in [5.74, 6) is 0. The van der Waals surface area contributed by atoms with Gasteiger partial charge >= 0.3 is 126 Å². The Morgan fingerprint density at radius 3 is 2.10 bits per heavy atom. The van der Waals surface area contributed by atoms with E-state index in [-0.39, 0.29) is 2.85 Å². The Kier molecular flexibility index (Phi) is 2.94. The molecule has 0 fully saturated rings. The van der Waals surface area contributed by atoms with Gasteiger partial charge in [-0.3, -0.25) is 0 Å². The third-order valence-corrected chi connectivity index (χ3v) is 8.29. The SMILES string of the molecule is [CH2]=[Ti+2]([C]1=CC=CC1)[CH]1c2ccccc2-c2ccccc21.[H-].[H-]. The fourth-order valence-electron chi connectivity index (χ4n) is 3.40. The van der Waals surface area contributed by atoms with Crippen molar-refractivity contribution in [1.82, 2.24) is 0 Å². The molecule has 0 amide bonds. The molecule has 0 aliphatic heterocycles. The molecule has 20 heavy (non-hydrogen) atoms. The van der Waals surface area contributed by atoms with Crippen LogP contribution in [0.1, 0.15) is 24.6 Å². The first kappa shape index (κ1) is 12.3. The Morgan fingerprint density at radius 1 is 0.950 bits per heavy atom. The summed E-state index contributed by atoms with van der Waals surface area (Å²) < 4.78 is 2.18. The van der Waals surface area contributed by atoms with Crippen molar-refractivity contribution in [1.29, 1.82) is 0 Å². The van der Waals surface area contributed by atoms with Crippen LogP contribution < -0.4 is 0 Å². The van der Waals surface area contributed by atoms with Crippen LogP contribution in [-0.2, 0) is 17.4 Å². The molecule has 0 heterocycles. The molecule has 0 saturated heterocycles. The van der Waals surface area contributed by atoms with Crippen LogP contribution in [0.15, 0.2) is 70.6 Å². The first-order chi connectivity index (χ1) is 9.86. The molecule has 4 rings (SSSR count). The van der Waals surface area contributed by atoms with Gasteiger partial charge in [-0.25, -0.2) is 0 Å². The third-order valence-electron chi connectivity index (χ3n) is 4.37. The van der Waals surface area contributed by atoms with E-state index in [4.69, 9.17) is 0 Å². The topological polar surface area (TPSA) is 0 Å². The Hall–Kier alpha value is -1.50. The van der Waals surface area contributed by atoms with E-state index >= 15 is 0 Å². The summed E-state index contributed by atoms with van der Waals surface area (Å²) in [6.07, 6.45) is 7.89. The summed E-state index contributed by atoms with van der Waals surface area (Å²) in [5, 5.41) is 0. The maximum Gasteiger partial charge on any atom is -1.00 e. The van der Waals surface area contributed by atoms with Gasteiger partial charge in [0.25, 0.3) is 0 Å². The molecule has 98 valence electrons. The minimum Gasteiger partial charge on any atom is -1.00 e. The van der Waals surface area contributed by atoms with Gasteiger partial charge in [-0.2, -0.15) is 0 Å². The molecule has 0 aromatic heterocycles. The predicted octanol–water partition coefficient (Wildman–Crippen LogP) is 4.88. The van der Waals surface area contributed by atoms with Gasteiger partial charge in [0.2, 0.25) is 0 Å². The summed E-state index contributed by atoms with van der Waals surface area (Å²) in [5.41, 5.74) is 5.86. The molecular formula is C19H18Ti. The molecule has 2 aliphatic rings. The molecule has 2 aliphatic carbocycles. The Balaban J connectivity index is 0.000000882. The molecule has 2 aromatic carbocycles. The fraction of sp³-hybridized carbons (Fsp3) is 0.105. The first-order valence-corrected chi connectivity index (χ1v) is 9.88. The molecule has 0 atom stereocenters. The van der Waals surface area contributed by atoms with Crippen molar-refractivity contribution in [3.8, 4) is 11.1 Å². The Labute approximate surface area is 128 Å². The fourth-order valence-corrected chi connectivity index (χ4v) is 7.02. The van der Waals surface area contributed by atoms with E-state index in [1.54, 1.807) is 3.88 Å². The quantitative estimate of drug-likeness (QED) is 0.693. The molecule has 1 heteroatoms. The number of allylic oxidation sites excluding steroid dienone is 4. The van der Waals surface area contributed by atoms with Crippen molar-refractivity contribution in [2.75, 3.05) is 0 Å². The maximum atomic E-state index is 4.66. The van der Waals surface area contributed by atoms with Crippen molar-refractivity contribution in [3.05, 3.63) is 81.8 Å². The van der Waals surface area contributed by atoms with Gasteiger partial charge in [0, 0.05) is 0 Å². The van der Waals surface area contributed by atoms with Crippen LogP contribution in [0.2, 0.25) is 0 Å². The number of rotatable bonds is 2. The smallest absolute Gasteiger partial charge is 1.00 e. The van der Waals surface area contributed by atoms with Crippen molar-refractivity contribution < 1.29 is 20.3 Å². The van der Waals surface area contributed by atoms with Gasteiger partial charge in [-0.05, 0) is 0 Å². The number of fused-ring (bicyclic) bond motifs is 3. The van der Waals surface area contributed by atoms with Crippen LogP contribution in [0.4, 0.5) is 0 Å². The Bertz CT molecular complexity index is 729. The summed E-state index contributed by atoms with van der Waals surface area (Å²) >= 11 is -1.54. The van der Waals surface area contributed by atoms with Crippen LogP contribution in [-0.4, -0.2) is 4.82 Å². The normalized spacial score (nSPS) is 15.4. The monoisotopic (exact) mass is 294 g/mol. The van der Waals surface area contributed by atoms with Crippen LogP contribution in [0.3, 0.4) is 0 Å². The zero-order valence-corrected chi connectivity index (χ0v) is 12.9. The zero-order valence-electron chi connectivity index (χ0n) is 13.3. The average molecular weight is 294 g/mol. The summed E-state index contributed by atoms with van der Waals surface area (Å²) in [7, 11) is 0. The minimum absolute atomic E-state index is 0. The zero-order chi connectivity index (χ0) is 13.5. The van der Waals surface area contributed by atoms with Crippen molar-refractivity contribution in [2.24, 2.45) is 0 Å². The average Bonchev–Trinajstić information content (AvgIpc) is 3.13. The van der Waals surface area contributed by atoms with Crippen molar-refractivity contribution in [3.63, 3.8) is 0 Å². The second-order valence-electron chi connectivity index (χ2n) is 5.46.